The lowest BCUT2D eigenvalue weighted by atomic mass is 10.2. The van der Waals surface area contributed by atoms with Crippen LogP contribution in [0.4, 0.5) is 9.39 Å². The van der Waals surface area contributed by atoms with Crippen molar-refractivity contribution in [2.75, 3.05) is 5.32 Å². The van der Waals surface area contributed by atoms with E-state index in [4.69, 9.17) is 10.5 Å². The molecule has 1 aromatic carbocycles. The normalized spacial score (nSPS) is 11.6. The van der Waals surface area contributed by atoms with E-state index in [2.05, 4.69) is 5.32 Å². The highest BCUT2D eigenvalue weighted by atomic mass is 32.1. The number of carbonyl (C=O) groups is 3. The van der Waals surface area contributed by atoms with Gasteiger partial charge in [-0.15, -0.1) is 11.3 Å². The van der Waals surface area contributed by atoms with Gasteiger partial charge in [0.15, 0.2) is 6.10 Å². The van der Waals surface area contributed by atoms with Crippen molar-refractivity contribution >= 4 is 34.1 Å². The quantitative estimate of drug-likeness (QED) is 0.818. The van der Waals surface area contributed by atoms with Crippen LogP contribution in [-0.2, 0) is 9.53 Å². The second-order valence-electron chi connectivity index (χ2n) is 4.54. The molecule has 6 nitrogen and oxygen atoms in total. The molecule has 0 aliphatic heterocycles. The number of esters is 1. The summed E-state index contributed by atoms with van der Waals surface area (Å²) in [6, 6.07) is 6.76. The molecule has 1 unspecified atom stereocenters. The molecule has 23 heavy (non-hydrogen) atoms. The zero-order valence-corrected chi connectivity index (χ0v) is 12.9. The zero-order valence-electron chi connectivity index (χ0n) is 12.0. The Hall–Kier alpha value is -2.74. The number of primary amides is 1. The van der Waals surface area contributed by atoms with Crippen LogP contribution in [0.1, 0.15) is 27.6 Å². The van der Waals surface area contributed by atoms with Crippen molar-refractivity contribution < 1.29 is 23.5 Å². The SMILES string of the molecule is CC(OC(=O)c1ccccc1F)C(=O)Nc1sccc1C(N)=O. The van der Waals surface area contributed by atoms with Gasteiger partial charge < -0.3 is 15.8 Å². The van der Waals surface area contributed by atoms with E-state index in [9.17, 15) is 18.8 Å². The van der Waals surface area contributed by atoms with Crippen molar-refractivity contribution in [3.05, 3.63) is 52.7 Å². The van der Waals surface area contributed by atoms with Gasteiger partial charge in [-0.1, -0.05) is 12.1 Å². The maximum Gasteiger partial charge on any atom is 0.341 e. The highest BCUT2D eigenvalue weighted by Gasteiger charge is 2.22. The average Bonchev–Trinajstić information content (AvgIpc) is 2.95. The first kappa shape index (κ1) is 16.6. The summed E-state index contributed by atoms with van der Waals surface area (Å²) in [6.45, 7) is 1.34. The van der Waals surface area contributed by atoms with Crippen molar-refractivity contribution in [2.24, 2.45) is 5.73 Å². The number of hydrogen-bond donors (Lipinski definition) is 2. The summed E-state index contributed by atoms with van der Waals surface area (Å²) < 4.78 is 18.4. The van der Waals surface area contributed by atoms with Crippen LogP contribution in [0, 0.1) is 5.82 Å². The summed E-state index contributed by atoms with van der Waals surface area (Å²) in [5.41, 5.74) is 5.07. The number of thiophene rings is 1. The van der Waals surface area contributed by atoms with E-state index in [1.807, 2.05) is 0 Å². The fourth-order valence-corrected chi connectivity index (χ4v) is 2.51. The Labute approximate surface area is 135 Å². The molecular formula is C15H13FN2O4S. The monoisotopic (exact) mass is 336 g/mol. The molecule has 2 amide bonds. The molecule has 0 fully saturated rings. The molecule has 3 N–H and O–H groups in total. The first-order chi connectivity index (χ1) is 10.9. The molecule has 0 aliphatic carbocycles. The maximum absolute atomic E-state index is 13.5. The summed E-state index contributed by atoms with van der Waals surface area (Å²) in [5, 5.41) is 4.30. The van der Waals surface area contributed by atoms with Crippen molar-refractivity contribution in [1.29, 1.82) is 0 Å². The van der Waals surface area contributed by atoms with Crippen LogP contribution in [0.2, 0.25) is 0 Å². The van der Waals surface area contributed by atoms with Crippen LogP contribution in [0.5, 0.6) is 0 Å². The third kappa shape index (κ3) is 3.92. The van der Waals surface area contributed by atoms with Crippen LogP contribution >= 0.6 is 11.3 Å². The van der Waals surface area contributed by atoms with E-state index in [1.54, 1.807) is 5.38 Å². The molecule has 0 aliphatic rings. The molecule has 0 saturated heterocycles. The molecule has 0 spiro atoms. The lowest BCUT2D eigenvalue weighted by molar-refractivity contribution is -0.123. The van der Waals surface area contributed by atoms with Gasteiger partial charge in [-0.3, -0.25) is 9.59 Å². The van der Waals surface area contributed by atoms with Gasteiger partial charge in [0, 0.05) is 0 Å². The molecule has 2 aromatic rings. The molecular weight excluding hydrogens is 323 g/mol. The number of amides is 2. The molecule has 8 heteroatoms. The Morgan fingerprint density at radius 1 is 1.22 bits per heavy atom. The van der Waals surface area contributed by atoms with Crippen LogP contribution < -0.4 is 11.1 Å². The van der Waals surface area contributed by atoms with Gasteiger partial charge in [0.2, 0.25) is 0 Å². The van der Waals surface area contributed by atoms with E-state index in [0.29, 0.717) is 0 Å². The largest absolute Gasteiger partial charge is 0.449 e. The van der Waals surface area contributed by atoms with Crippen molar-refractivity contribution in [3.8, 4) is 0 Å². The number of nitrogens with one attached hydrogen (secondary N) is 1. The minimum atomic E-state index is -1.18. The Morgan fingerprint density at radius 2 is 1.91 bits per heavy atom. The molecule has 1 heterocycles. The van der Waals surface area contributed by atoms with E-state index >= 15 is 0 Å². The number of carbonyl (C=O) groups excluding carboxylic acids is 3. The standard InChI is InChI=1S/C15H13FN2O4S/c1-8(22-15(21)9-4-2-3-5-11(9)16)13(20)18-14-10(12(17)19)6-7-23-14/h2-8H,1H3,(H2,17,19)(H,18,20). The third-order valence-electron chi connectivity index (χ3n) is 2.91. The second-order valence-corrected chi connectivity index (χ2v) is 5.46. The van der Waals surface area contributed by atoms with E-state index < -0.39 is 29.7 Å². The summed E-state index contributed by atoms with van der Waals surface area (Å²) in [4.78, 5) is 35.0. The van der Waals surface area contributed by atoms with Crippen LogP contribution in [0.3, 0.4) is 0 Å². The molecule has 0 bridgehead atoms. The van der Waals surface area contributed by atoms with Crippen LogP contribution in [0.25, 0.3) is 0 Å². The van der Waals surface area contributed by atoms with Gasteiger partial charge >= 0.3 is 5.97 Å². The Morgan fingerprint density at radius 3 is 2.57 bits per heavy atom. The minimum absolute atomic E-state index is 0.163. The van der Waals surface area contributed by atoms with Gasteiger partial charge in [0.25, 0.3) is 11.8 Å². The highest BCUT2D eigenvalue weighted by Crippen LogP contribution is 2.23. The predicted octanol–water partition coefficient (Wildman–Crippen LogP) is 2.17. The van der Waals surface area contributed by atoms with Crippen molar-refractivity contribution in [2.45, 2.75) is 13.0 Å². The molecule has 1 aromatic heterocycles. The maximum atomic E-state index is 13.5. The summed E-state index contributed by atoms with van der Waals surface area (Å²) in [7, 11) is 0. The molecule has 2 rings (SSSR count). The Bertz CT molecular complexity index is 759. The lowest BCUT2D eigenvalue weighted by Gasteiger charge is -2.13. The Kier molecular flexibility index (Phi) is 5.07. The Balaban J connectivity index is 2.03. The summed E-state index contributed by atoms with van der Waals surface area (Å²) in [6.07, 6.45) is -1.18. The van der Waals surface area contributed by atoms with Crippen molar-refractivity contribution in [3.63, 3.8) is 0 Å². The van der Waals surface area contributed by atoms with E-state index in [1.165, 1.54) is 31.2 Å². The van der Waals surface area contributed by atoms with E-state index in [0.717, 1.165) is 17.4 Å². The number of nitrogens with two attached hydrogens (primary N) is 1. The highest BCUT2D eigenvalue weighted by molar-refractivity contribution is 7.14. The number of rotatable bonds is 5. The minimum Gasteiger partial charge on any atom is -0.449 e. The number of hydrogen-bond acceptors (Lipinski definition) is 5. The fourth-order valence-electron chi connectivity index (χ4n) is 1.72. The van der Waals surface area contributed by atoms with Gasteiger partial charge in [-0.05, 0) is 30.5 Å². The van der Waals surface area contributed by atoms with Gasteiger partial charge in [0.05, 0.1) is 11.1 Å². The summed E-state index contributed by atoms with van der Waals surface area (Å²) in [5.74, 6) is -3.02. The molecule has 0 saturated carbocycles. The first-order valence-electron chi connectivity index (χ1n) is 6.54. The summed E-state index contributed by atoms with van der Waals surface area (Å²) >= 11 is 1.11. The number of halogens is 1. The van der Waals surface area contributed by atoms with Gasteiger partial charge in [0.1, 0.15) is 10.8 Å². The number of ether oxygens (including phenoxy) is 1. The first-order valence-corrected chi connectivity index (χ1v) is 7.41. The average molecular weight is 336 g/mol. The fraction of sp³-hybridized carbons (Fsp3) is 0.133. The molecule has 120 valence electrons. The smallest absolute Gasteiger partial charge is 0.341 e. The van der Waals surface area contributed by atoms with Gasteiger partial charge in [-0.2, -0.15) is 0 Å². The zero-order chi connectivity index (χ0) is 17.0. The number of anilines is 1. The van der Waals surface area contributed by atoms with Gasteiger partial charge in [-0.25, -0.2) is 9.18 Å². The number of benzene rings is 1. The van der Waals surface area contributed by atoms with Crippen LogP contribution in [-0.4, -0.2) is 23.9 Å². The molecule has 0 radical (unpaired) electrons. The second kappa shape index (κ2) is 7.01. The predicted molar refractivity (Wildman–Crippen MR) is 82.7 cm³/mol. The lowest BCUT2D eigenvalue weighted by Crippen LogP contribution is -2.30. The van der Waals surface area contributed by atoms with Crippen LogP contribution in [0.15, 0.2) is 35.7 Å². The molecule has 1 atom stereocenters. The topological polar surface area (TPSA) is 98.5 Å². The van der Waals surface area contributed by atoms with Crippen molar-refractivity contribution in [1.82, 2.24) is 0 Å². The third-order valence-corrected chi connectivity index (χ3v) is 3.74. The van der Waals surface area contributed by atoms with E-state index in [-0.39, 0.29) is 16.1 Å².